The molecule has 2 heterocycles. The molecular weight excluding hydrogens is 270 g/mol. The fourth-order valence-corrected chi connectivity index (χ4v) is 2.27. The van der Waals surface area contributed by atoms with Gasteiger partial charge in [0.1, 0.15) is 6.04 Å². The Bertz CT molecular complexity index is 546. The molecule has 0 aliphatic carbocycles. The molecule has 21 heavy (non-hydrogen) atoms. The van der Waals surface area contributed by atoms with Crippen molar-refractivity contribution in [3.05, 3.63) is 12.4 Å². The first-order valence-electron chi connectivity index (χ1n) is 7.06. The molecule has 0 bridgehead atoms. The van der Waals surface area contributed by atoms with E-state index >= 15 is 0 Å². The molecular formula is C14H23N5O2. The standard InChI is InChI=1S/C14H23N5O2/c1-14(2,3)11(15)12(20)17-10-5-6-19(13(10)21)9-7-16-18(4)8-9/h7-8,10-11H,5-6,15H2,1-4H3,(H,17,20)/t10?,11-/m1/s1. The van der Waals surface area contributed by atoms with Crippen molar-refractivity contribution in [3.63, 3.8) is 0 Å². The molecule has 116 valence electrons. The molecule has 0 aromatic carbocycles. The molecule has 7 heteroatoms. The Morgan fingerprint density at radius 2 is 2.19 bits per heavy atom. The molecule has 3 N–H and O–H groups in total. The molecule has 1 aromatic heterocycles. The van der Waals surface area contributed by atoms with E-state index in [0.717, 1.165) is 5.69 Å². The number of carbonyl (C=O) groups is 2. The van der Waals surface area contributed by atoms with Gasteiger partial charge in [-0.3, -0.25) is 14.3 Å². The van der Waals surface area contributed by atoms with Gasteiger partial charge in [0, 0.05) is 19.8 Å². The van der Waals surface area contributed by atoms with Crippen LogP contribution in [0.2, 0.25) is 0 Å². The number of hydrogen-bond acceptors (Lipinski definition) is 4. The Labute approximate surface area is 124 Å². The zero-order valence-corrected chi connectivity index (χ0v) is 13.0. The van der Waals surface area contributed by atoms with Crippen molar-refractivity contribution in [1.29, 1.82) is 0 Å². The second-order valence-electron chi connectivity index (χ2n) is 6.56. The third-order valence-electron chi connectivity index (χ3n) is 3.74. The van der Waals surface area contributed by atoms with Crippen LogP contribution in [0.4, 0.5) is 5.69 Å². The van der Waals surface area contributed by atoms with E-state index in [1.165, 1.54) is 0 Å². The second-order valence-corrected chi connectivity index (χ2v) is 6.56. The molecule has 7 nitrogen and oxygen atoms in total. The average Bonchev–Trinajstić information content (AvgIpc) is 2.95. The summed E-state index contributed by atoms with van der Waals surface area (Å²) in [6.07, 6.45) is 4.00. The number of nitrogens with two attached hydrogens (primary N) is 1. The number of aryl methyl sites for hydroxylation is 1. The maximum absolute atomic E-state index is 12.4. The molecule has 1 aliphatic rings. The number of hydrogen-bond donors (Lipinski definition) is 2. The average molecular weight is 293 g/mol. The van der Waals surface area contributed by atoms with Crippen LogP contribution in [-0.2, 0) is 16.6 Å². The molecule has 1 saturated heterocycles. The van der Waals surface area contributed by atoms with Crippen LogP contribution in [0.15, 0.2) is 12.4 Å². The van der Waals surface area contributed by atoms with E-state index in [1.54, 1.807) is 29.0 Å². The molecule has 1 unspecified atom stereocenters. The Kier molecular flexibility index (Phi) is 4.04. The van der Waals surface area contributed by atoms with Crippen LogP contribution in [0.5, 0.6) is 0 Å². The van der Waals surface area contributed by atoms with Gasteiger partial charge in [-0.2, -0.15) is 5.10 Å². The summed E-state index contributed by atoms with van der Waals surface area (Å²) in [5.74, 6) is -0.397. The van der Waals surface area contributed by atoms with Crippen LogP contribution < -0.4 is 16.0 Å². The minimum atomic E-state index is -0.641. The number of nitrogens with one attached hydrogen (secondary N) is 1. The molecule has 0 radical (unpaired) electrons. The summed E-state index contributed by atoms with van der Waals surface area (Å²) in [5, 5.41) is 6.82. The van der Waals surface area contributed by atoms with Crippen LogP contribution in [0.25, 0.3) is 0 Å². The van der Waals surface area contributed by atoms with Gasteiger partial charge in [0.15, 0.2) is 0 Å². The lowest BCUT2D eigenvalue weighted by molar-refractivity contribution is -0.128. The summed E-state index contributed by atoms with van der Waals surface area (Å²) in [6, 6.07) is -1.15. The molecule has 1 aromatic rings. The zero-order valence-electron chi connectivity index (χ0n) is 13.0. The van der Waals surface area contributed by atoms with Crippen LogP contribution >= 0.6 is 0 Å². The zero-order chi connectivity index (χ0) is 15.8. The van der Waals surface area contributed by atoms with E-state index in [0.29, 0.717) is 13.0 Å². The minimum Gasteiger partial charge on any atom is -0.343 e. The van der Waals surface area contributed by atoms with Gasteiger partial charge in [0.2, 0.25) is 11.8 Å². The van der Waals surface area contributed by atoms with Crippen molar-refractivity contribution in [2.24, 2.45) is 18.2 Å². The van der Waals surface area contributed by atoms with E-state index in [9.17, 15) is 9.59 Å². The fourth-order valence-electron chi connectivity index (χ4n) is 2.27. The molecule has 2 atom stereocenters. The van der Waals surface area contributed by atoms with Gasteiger partial charge >= 0.3 is 0 Å². The lowest BCUT2D eigenvalue weighted by atomic mass is 9.87. The van der Waals surface area contributed by atoms with Crippen molar-refractivity contribution in [2.75, 3.05) is 11.4 Å². The quantitative estimate of drug-likeness (QED) is 0.821. The highest BCUT2D eigenvalue weighted by atomic mass is 16.2. The van der Waals surface area contributed by atoms with E-state index in [4.69, 9.17) is 5.73 Å². The first-order chi connectivity index (χ1) is 9.70. The van der Waals surface area contributed by atoms with Gasteiger partial charge in [-0.1, -0.05) is 20.8 Å². The fraction of sp³-hybridized carbons (Fsp3) is 0.643. The molecule has 2 amide bonds. The van der Waals surface area contributed by atoms with Crippen molar-refractivity contribution < 1.29 is 9.59 Å². The van der Waals surface area contributed by atoms with Gasteiger partial charge < -0.3 is 16.0 Å². The first kappa shape index (κ1) is 15.5. The normalized spacial score (nSPS) is 20.7. The summed E-state index contributed by atoms with van der Waals surface area (Å²) < 4.78 is 1.64. The van der Waals surface area contributed by atoms with E-state index in [2.05, 4.69) is 10.4 Å². The molecule has 0 saturated carbocycles. The number of anilines is 1. The topological polar surface area (TPSA) is 93.2 Å². The Balaban J connectivity index is 2.01. The maximum atomic E-state index is 12.4. The number of amides is 2. The predicted molar refractivity (Wildman–Crippen MR) is 79.5 cm³/mol. The maximum Gasteiger partial charge on any atom is 0.249 e. The van der Waals surface area contributed by atoms with Crippen LogP contribution in [0.1, 0.15) is 27.2 Å². The lowest BCUT2D eigenvalue weighted by Gasteiger charge is -2.27. The third-order valence-corrected chi connectivity index (χ3v) is 3.74. The molecule has 1 fully saturated rings. The Morgan fingerprint density at radius 1 is 1.52 bits per heavy atom. The molecule has 1 aliphatic heterocycles. The first-order valence-corrected chi connectivity index (χ1v) is 7.06. The third kappa shape index (κ3) is 3.24. The van der Waals surface area contributed by atoms with Crippen molar-refractivity contribution >= 4 is 17.5 Å². The van der Waals surface area contributed by atoms with Crippen molar-refractivity contribution in [2.45, 2.75) is 39.3 Å². The van der Waals surface area contributed by atoms with Gasteiger partial charge in [-0.05, 0) is 11.8 Å². The minimum absolute atomic E-state index is 0.113. The van der Waals surface area contributed by atoms with E-state index in [-0.39, 0.29) is 17.2 Å². The predicted octanol–water partition coefficient (Wildman–Crippen LogP) is 0.0150. The van der Waals surface area contributed by atoms with E-state index in [1.807, 2.05) is 20.8 Å². The lowest BCUT2D eigenvalue weighted by Crippen LogP contribution is -2.53. The smallest absolute Gasteiger partial charge is 0.249 e. The summed E-state index contributed by atoms with van der Waals surface area (Å²) in [5.41, 5.74) is 6.33. The Hall–Kier alpha value is -1.89. The number of aromatic nitrogens is 2. The van der Waals surface area contributed by atoms with Gasteiger partial charge in [0.05, 0.1) is 17.9 Å². The highest BCUT2D eigenvalue weighted by Gasteiger charge is 2.36. The highest BCUT2D eigenvalue weighted by Crippen LogP contribution is 2.22. The number of rotatable bonds is 3. The van der Waals surface area contributed by atoms with Crippen LogP contribution in [0, 0.1) is 5.41 Å². The highest BCUT2D eigenvalue weighted by molar-refractivity contribution is 6.01. The van der Waals surface area contributed by atoms with Crippen LogP contribution in [0.3, 0.4) is 0 Å². The van der Waals surface area contributed by atoms with Crippen LogP contribution in [-0.4, -0.2) is 40.2 Å². The SMILES string of the molecule is Cn1cc(N2CCC(NC(=O)[C@@H](N)C(C)(C)C)C2=O)cn1. The number of carbonyl (C=O) groups excluding carboxylic acids is 2. The van der Waals surface area contributed by atoms with Gasteiger partial charge in [-0.15, -0.1) is 0 Å². The second kappa shape index (κ2) is 5.48. The van der Waals surface area contributed by atoms with Gasteiger partial charge in [-0.25, -0.2) is 0 Å². The summed E-state index contributed by atoms with van der Waals surface area (Å²) in [6.45, 7) is 6.27. The van der Waals surface area contributed by atoms with Gasteiger partial charge in [0.25, 0.3) is 0 Å². The summed E-state index contributed by atoms with van der Waals surface area (Å²) in [4.78, 5) is 26.1. The molecule has 0 spiro atoms. The summed E-state index contributed by atoms with van der Waals surface area (Å²) >= 11 is 0. The summed E-state index contributed by atoms with van der Waals surface area (Å²) in [7, 11) is 1.80. The van der Waals surface area contributed by atoms with E-state index < -0.39 is 12.1 Å². The largest absolute Gasteiger partial charge is 0.343 e. The van der Waals surface area contributed by atoms with Crippen molar-refractivity contribution in [1.82, 2.24) is 15.1 Å². The number of nitrogens with zero attached hydrogens (tertiary/aromatic N) is 3. The van der Waals surface area contributed by atoms with Crippen molar-refractivity contribution in [3.8, 4) is 0 Å². The monoisotopic (exact) mass is 293 g/mol. The Morgan fingerprint density at radius 3 is 2.71 bits per heavy atom. The molecule has 2 rings (SSSR count).